The number of benzene rings is 1. The number of ether oxygens (including phenoxy) is 2. The van der Waals surface area contributed by atoms with Gasteiger partial charge in [-0.05, 0) is 75.9 Å². The number of hydrogen-bond donors (Lipinski definition) is 1. The molecule has 2 fully saturated rings. The number of piperidine rings is 2. The number of esters is 1. The van der Waals surface area contributed by atoms with Crippen LogP contribution in [0.15, 0.2) is 29.1 Å². The Morgan fingerprint density at radius 3 is 2.58 bits per heavy atom. The molecule has 0 radical (unpaired) electrons. The number of carbonyl (C=O) groups is 2. The molecule has 0 spiro atoms. The third kappa shape index (κ3) is 4.53. The van der Waals surface area contributed by atoms with Gasteiger partial charge in [-0.1, -0.05) is 20.3 Å². The van der Waals surface area contributed by atoms with E-state index in [1.54, 1.807) is 23.6 Å². The first kappa shape index (κ1) is 28.0. The summed E-state index contributed by atoms with van der Waals surface area (Å²) in [5.41, 5.74) is 2.14. The highest BCUT2D eigenvalue weighted by Crippen LogP contribution is 2.40. The van der Waals surface area contributed by atoms with E-state index in [1.807, 2.05) is 24.0 Å². The largest absolute Gasteiger partial charge is 0.458 e. The summed E-state index contributed by atoms with van der Waals surface area (Å²) in [6.07, 6.45) is 6.23. The van der Waals surface area contributed by atoms with Gasteiger partial charge in [0.2, 0.25) is 0 Å². The number of aryl methyl sites for hydroxylation is 1. The first-order valence-electron chi connectivity index (χ1n) is 15.7. The molecule has 0 aliphatic carbocycles. The molecule has 6 heterocycles. The van der Waals surface area contributed by atoms with Crippen LogP contribution in [0.25, 0.3) is 22.3 Å². The standard InChI is InChI=1S/C33H38N4O6/c1-3-22-23-16-20-18-37-27(17-25-24(30(37)38)19-42-31(39)33(25,41)4-2)29(20)34-26(23)8-9-28(22)43-32(40)36-14-10-21(11-15-36)35-12-6-5-7-13-35/h8-9,16-17,21,41H,3-7,10-15,18-19H2,1-2H3/t33-/m0/s1. The first-order valence-corrected chi connectivity index (χ1v) is 15.7. The van der Waals surface area contributed by atoms with Crippen LogP contribution in [0, 0.1) is 0 Å². The third-order valence-electron chi connectivity index (χ3n) is 9.94. The van der Waals surface area contributed by atoms with Crippen molar-refractivity contribution in [3.05, 3.63) is 56.9 Å². The quantitative estimate of drug-likeness (QED) is 0.356. The first-order chi connectivity index (χ1) is 20.8. The summed E-state index contributed by atoms with van der Waals surface area (Å²) in [4.78, 5) is 48.6. The van der Waals surface area contributed by atoms with Gasteiger partial charge in [0, 0.05) is 41.2 Å². The van der Waals surface area contributed by atoms with Crippen LogP contribution in [0.3, 0.4) is 0 Å². The number of rotatable bonds is 4. The normalized spacial score (nSPS) is 22.2. The average molecular weight is 587 g/mol. The molecule has 0 bridgehead atoms. The predicted molar refractivity (Wildman–Crippen MR) is 160 cm³/mol. The van der Waals surface area contributed by atoms with Crippen molar-refractivity contribution in [1.29, 1.82) is 0 Å². The van der Waals surface area contributed by atoms with E-state index in [4.69, 9.17) is 14.5 Å². The van der Waals surface area contributed by atoms with E-state index in [0.29, 0.717) is 60.4 Å². The zero-order valence-corrected chi connectivity index (χ0v) is 24.9. The Balaban J connectivity index is 1.16. The minimum Gasteiger partial charge on any atom is -0.458 e. The Bertz CT molecular complexity index is 1690. The molecule has 1 N–H and O–H groups in total. The number of cyclic esters (lactones) is 1. The molecule has 2 aromatic heterocycles. The number of aromatic nitrogens is 2. The molecule has 0 saturated carbocycles. The van der Waals surface area contributed by atoms with Crippen LogP contribution in [0.1, 0.15) is 74.6 Å². The SMILES string of the molecule is CCc1c(OC(=O)N2CCC(N3CCCCC3)CC2)ccc2nc3c(cc12)Cn1c-3cc2c(c1=O)COC(=O)[C@]2(O)CC. The molecule has 1 aromatic carbocycles. The van der Waals surface area contributed by atoms with E-state index >= 15 is 0 Å². The van der Waals surface area contributed by atoms with Crippen molar-refractivity contribution < 1.29 is 24.2 Å². The van der Waals surface area contributed by atoms with Gasteiger partial charge in [-0.15, -0.1) is 0 Å². The highest BCUT2D eigenvalue weighted by atomic mass is 16.6. The fraction of sp³-hybridized carbons (Fsp3) is 0.515. The molecule has 226 valence electrons. The second-order valence-electron chi connectivity index (χ2n) is 12.2. The maximum Gasteiger partial charge on any atom is 0.415 e. The molecule has 1 atom stereocenters. The summed E-state index contributed by atoms with van der Waals surface area (Å²) in [7, 11) is 0. The molecule has 3 aromatic rings. The fourth-order valence-electron chi connectivity index (χ4n) is 7.41. The van der Waals surface area contributed by atoms with Crippen LogP contribution in [-0.4, -0.2) is 68.7 Å². The number of pyridine rings is 2. The number of likely N-dealkylation sites (tertiary alicyclic amines) is 2. The van der Waals surface area contributed by atoms with Gasteiger partial charge < -0.3 is 28.9 Å². The van der Waals surface area contributed by atoms with Gasteiger partial charge in [0.1, 0.15) is 12.4 Å². The Kier molecular flexibility index (Phi) is 7.01. The lowest BCUT2D eigenvalue weighted by atomic mass is 9.86. The summed E-state index contributed by atoms with van der Waals surface area (Å²) < 4.78 is 12.8. The molecular formula is C33H38N4O6. The van der Waals surface area contributed by atoms with Crippen molar-refractivity contribution in [2.75, 3.05) is 26.2 Å². The molecule has 1 amide bonds. The van der Waals surface area contributed by atoms with Crippen LogP contribution >= 0.6 is 0 Å². The van der Waals surface area contributed by atoms with Crippen LogP contribution < -0.4 is 10.3 Å². The minimum absolute atomic E-state index is 0.0948. The number of hydrogen-bond acceptors (Lipinski definition) is 8. The van der Waals surface area contributed by atoms with Crippen molar-refractivity contribution in [3.8, 4) is 17.1 Å². The van der Waals surface area contributed by atoms with Crippen LogP contribution in [0.4, 0.5) is 4.79 Å². The van der Waals surface area contributed by atoms with Crippen molar-refractivity contribution in [2.45, 2.75) is 83.6 Å². The van der Waals surface area contributed by atoms with Crippen LogP contribution in [0.5, 0.6) is 5.75 Å². The number of amides is 1. The molecule has 0 unspecified atom stereocenters. The van der Waals surface area contributed by atoms with E-state index in [-0.39, 0.29) is 24.7 Å². The van der Waals surface area contributed by atoms with Crippen LogP contribution in [-0.2, 0) is 34.7 Å². The lowest BCUT2D eigenvalue weighted by Crippen LogP contribution is -2.48. The topological polar surface area (TPSA) is 114 Å². The van der Waals surface area contributed by atoms with Gasteiger partial charge in [-0.25, -0.2) is 14.6 Å². The van der Waals surface area contributed by atoms with Gasteiger partial charge in [-0.2, -0.15) is 0 Å². The minimum atomic E-state index is -1.86. The van der Waals surface area contributed by atoms with E-state index < -0.39 is 11.6 Å². The second-order valence-corrected chi connectivity index (χ2v) is 12.2. The molecule has 2 saturated heterocycles. The average Bonchev–Trinajstić information content (AvgIpc) is 3.40. The lowest BCUT2D eigenvalue weighted by molar-refractivity contribution is -0.172. The van der Waals surface area contributed by atoms with Crippen molar-refractivity contribution in [1.82, 2.24) is 19.4 Å². The van der Waals surface area contributed by atoms with E-state index in [2.05, 4.69) is 4.90 Å². The smallest absolute Gasteiger partial charge is 0.415 e. The van der Waals surface area contributed by atoms with E-state index in [0.717, 1.165) is 34.9 Å². The highest BCUT2D eigenvalue weighted by Gasteiger charge is 2.45. The summed E-state index contributed by atoms with van der Waals surface area (Å²) in [5.74, 6) is -0.204. The molecule has 7 rings (SSSR count). The van der Waals surface area contributed by atoms with Gasteiger partial charge in [0.25, 0.3) is 5.56 Å². The third-order valence-corrected chi connectivity index (χ3v) is 9.94. The van der Waals surface area contributed by atoms with Crippen molar-refractivity contribution in [2.24, 2.45) is 0 Å². The Morgan fingerprint density at radius 1 is 1.09 bits per heavy atom. The fourth-order valence-corrected chi connectivity index (χ4v) is 7.41. The van der Waals surface area contributed by atoms with Gasteiger partial charge in [-0.3, -0.25) is 4.79 Å². The molecule has 4 aliphatic heterocycles. The molecule has 10 nitrogen and oxygen atoms in total. The van der Waals surface area contributed by atoms with Gasteiger partial charge in [0.05, 0.1) is 29.0 Å². The lowest BCUT2D eigenvalue weighted by Gasteiger charge is -2.39. The Morgan fingerprint density at radius 2 is 1.86 bits per heavy atom. The molecule has 43 heavy (non-hydrogen) atoms. The number of carbonyl (C=O) groups excluding carboxylic acids is 2. The zero-order chi connectivity index (χ0) is 29.9. The maximum absolute atomic E-state index is 13.5. The van der Waals surface area contributed by atoms with Gasteiger partial charge >= 0.3 is 12.1 Å². The number of fused-ring (bicyclic) bond motifs is 5. The summed E-state index contributed by atoms with van der Waals surface area (Å²) in [5, 5.41) is 12.0. The zero-order valence-electron chi connectivity index (χ0n) is 24.9. The summed E-state index contributed by atoms with van der Waals surface area (Å²) in [6, 6.07) is 7.95. The molecule has 10 heteroatoms. The molecular weight excluding hydrogens is 548 g/mol. The van der Waals surface area contributed by atoms with Crippen LogP contribution in [0.2, 0.25) is 0 Å². The van der Waals surface area contributed by atoms with Crippen molar-refractivity contribution in [3.63, 3.8) is 0 Å². The van der Waals surface area contributed by atoms with E-state index in [9.17, 15) is 19.5 Å². The highest BCUT2D eigenvalue weighted by molar-refractivity contribution is 5.90. The van der Waals surface area contributed by atoms with Crippen molar-refractivity contribution >= 4 is 23.0 Å². The number of aliphatic hydroxyl groups is 1. The summed E-state index contributed by atoms with van der Waals surface area (Å²) in [6.45, 7) is 7.61. The summed E-state index contributed by atoms with van der Waals surface area (Å²) >= 11 is 0. The Labute approximate surface area is 250 Å². The van der Waals surface area contributed by atoms with Gasteiger partial charge in [0.15, 0.2) is 5.60 Å². The Hall–Kier alpha value is -3.76. The van der Waals surface area contributed by atoms with E-state index in [1.165, 1.54) is 32.4 Å². The predicted octanol–water partition coefficient (Wildman–Crippen LogP) is 4.09. The number of nitrogens with zero attached hydrogens (tertiary/aromatic N) is 4. The monoisotopic (exact) mass is 586 g/mol. The molecule has 4 aliphatic rings. The second kappa shape index (κ2) is 10.7. The maximum atomic E-state index is 13.5.